The van der Waals surface area contributed by atoms with Crippen molar-refractivity contribution in [3.05, 3.63) is 119 Å². The standard InChI is InChI=1S/C34H29BrN8O3S/c1-20(2)27-12-11-26-31(41-27)38-19-39-32(26)42-28-16-21(33(44)43-30-14-6-22(35)17-36-30)5-13-29(28)47-25-9-7-23(8-10-25)40-34(45)37-18-24-4-3-15-46-24/h3-17,19-20H,18H2,1-2H3,(H,36,43,44)(H2,37,40,45)(H,38,39,41,42). The molecule has 0 saturated heterocycles. The summed E-state index contributed by atoms with van der Waals surface area (Å²) in [4.78, 5) is 45.2. The van der Waals surface area contributed by atoms with Gasteiger partial charge in [-0.05, 0) is 101 Å². The van der Waals surface area contributed by atoms with Crippen molar-refractivity contribution in [3.8, 4) is 0 Å². The lowest BCUT2D eigenvalue weighted by molar-refractivity contribution is 0.102. The molecular weight excluding hydrogens is 680 g/mol. The first-order valence-corrected chi connectivity index (χ1v) is 16.2. The third-order valence-electron chi connectivity index (χ3n) is 6.92. The number of anilines is 4. The van der Waals surface area contributed by atoms with E-state index in [0.29, 0.717) is 40.0 Å². The highest BCUT2D eigenvalue weighted by Gasteiger charge is 2.15. The first-order valence-electron chi connectivity index (χ1n) is 14.6. The first kappa shape index (κ1) is 31.7. The van der Waals surface area contributed by atoms with E-state index in [-0.39, 0.29) is 24.4 Å². The molecule has 0 aliphatic rings. The number of benzene rings is 2. The molecule has 0 spiro atoms. The first-order chi connectivity index (χ1) is 22.8. The number of hydrogen-bond donors (Lipinski definition) is 4. The van der Waals surface area contributed by atoms with Crippen molar-refractivity contribution < 1.29 is 14.0 Å². The Bertz CT molecular complexity index is 2020. The van der Waals surface area contributed by atoms with Crippen LogP contribution in [0.5, 0.6) is 0 Å². The summed E-state index contributed by atoms with van der Waals surface area (Å²) in [5.41, 5.74) is 3.25. The lowest BCUT2D eigenvalue weighted by Crippen LogP contribution is -2.27. The zero-order valence-corrected chi connectivity index (χ0v) is 27.7. The molecule has 4 aromatic heterocycles. The summed E-state index contributed by atoms with van der Waals surface area (Å²) in [6.45, 7) is 4.45. The van der Waals surface area contributed by atoms with Crippen LogP contribution in [0.15, 0.2) is 116 Å². The minimum absolute atomic E-state index is 0.252. The Morgan fingerprint density at radius 1 is 0.936 bits per heavy atom. The van der Waals surface area contributed by atoms with Gasteiger partial charge in [-0.3, -0.25) is 4.79 Å². The second-order valence-corrected chi connectivity index (χ2v) is 12.7. The maximum absolute atomic E-state index is 13.2. The van der Waals surface area contributed by atoms with Gasteiger partial charge in [-0.1, -0.05) is 25.6 Å². The highest BCUT2D eigenvalue weighted by molar-refractivity contribution is 9.10. The number of aromatic nitrogens is 4. The van der Waals surface area contributed by atoms with E-state index in [2.05, 4.69) is 66.0 Å². The Hall–Kier alpha value is -5.27. The van der Waals surface area contributed by atoms with Crippen LogP contribution in [0.1, 0.15) is 41.6 Å². The van der Waals surface area contributed by atoms with E-state index in [0.717, 1.165) is 25.3 Å². The molecule has 0 aliphatic carbocycles. The van der Waals surface area contributed by atoms with Crippen LogP contribution in [0.2, 0.25) is 0 Å². The van der Waals surface area contributed by atoms with Gasteiger partial charge in [0.1, 0.15) is 23.7 Å². The molecular formula is C34H29BrN8O3S. The van der Waals surface area contributed by atoms with Crippen LogP contribution in [0, 0.1) is 0 Å². The molecule has 0 atom stereocenters. The summed E-state index contributed by atoms with van der Waals surface area (Å²) in [6, 6.07) is 23.6. The van der Waals surface area contributed by atoms with E-state index >= 15 is 0 Å². The van der Waals surface area contributed by atoms with Crippen molar-refractivity contribution in [2.45, 2.75) is 36.1 Å². The molecule has 0 aliphatic heterocycles. The second-order valence-electron chi connectivity index (χ2n) is 10.6. The van der Waals surface area contributed by atoms with Gasteiger partial charge in [0.2, 0.25) is 0 Å². The van der Waals surface area contributed by atoms with E-state index in [1.54, 1.807) is 42.8 Å². The second kappa shape index (κ2) is 14.4. The molecule has 47 heavy (non-hydrogen) atoms. The van der Waals surface area contributed by atoms with Crippen LogP contribution in [0.25, 0.3) is 11.0 Å². The van der Waals surface area contributed by atoms with Gasteiger partial charge in [-0.25, -0.2) is 24.7 Å². The smallest absolute Gasteiger partial charge is 0.319 e. The summed E-state index contributed by atoms with van der Waals surface area (Å²) in [5, 5.41) is 12.6. The number of urea groups is 1. The van der Waals surface area contributed by atoms with Crippen molar-refractivity contribution in [2.75, 3.05) is 16.0 Å². The third kappa shape index (κ3) is 8.12. The van der Waals surface area contributed by atoms with Gasteiger partial charge in [-0.2, -0.15) is 0 Å². The number of fused-ring (bicyclic) bond motifs is 1. The Morgan fingerprint density at radius 3 is 2.53 bits per heavy atom. The molecule has 0 bridgehead atoms. The number of nitrogens with one attached hydrogen (secondary N) is 4. The molecule has 236 valence electrons. The summed E-state index contributed by atoms with van der Waals surface area (Å²) >= 11 is 4.86. The van der Waals surface area contributed by atoms with Gasteiger partial charge in [0.05, 0.1) is 23.9 Å². The minimum Gasteiger partial charge on any atom is -0.467 e. The van der Waals surface area contributed by atoms with Gasteiger partial charge in [0, 0.05) is 37.4 Å². The van der Waals surface area contributed by atoms with Gasteiger partial charge in [-0.15, -0.1) is 0 Å². The van der Waals surface area contributed by atoms with Gasteiger partial charge in [0.25, 0.3) is 5.91 Å². The van der Waals surface area contributed by atoms with Crippen molar-refractivity contribution in [1.82, 2.24) is 25.3 Å². The van der Waals surface area contributed by atoms with Gasteiger partial charge >= 0.3 is 6.03 Å². The maximum Gasteiger partial charge on any atom is 0.319 e. The van der Waals surface area contributed by atoms with E-state index in [1.807, 2.05) is 48.5 Å². The zero-order chi connectivity index (χ0) is 32.8. The average molecular weight is 710 g/mol. The van der Waals surface area contributed by atoms with Crippen LogP contribution < -0.4 is 21.3 Å². The zero-order valence-electron chi connectivity index (χ0n) is 25.3. The number of carbonyl (C=O) groups excluding carboxylic acids is 2. The largest absolute Gasteiger partial charge is 0.467 e. The fourth-order valence-corrected chi connectivity index (χ4v) is 5.61. The Balaban J connectivity index is 1.24. The Kier molecular flexibility index (Phi) is 9.74. The Morgan fingerprint density at radius 2 is 1.79 bits per heavy atom. The monoisotopic (exact) mass is 708 g/mol. The molecule has 0 fully saturated rings. The summed E-state index contributed by atoms with van der Waals surface area (Å²) < 4.78 is 6.06. The van der Waals surface area contributed by atoms with Crippen molar-refractivity contribution in [3.63, 3.8) is 0 Å². The number of hydrogen-bond acceptors (Lipinski definition) is 9. The number of amides is 3. The third-order valence-corrected chi connectivity index (χ3v) is 8.47. The molecule has 2 aromatic carbocycles. The highest BCUT2D eigenvalue weighted by atomic mass is 79.9. The molecule has 13 heteroatoms. The summed E-state index contributed by atoms with van der Waals surface area (Å²) in [6.07, 6.45) is 4.65. The number of halogens is 1. The molecule has 0 unspecified atom stereocenters. The SMILES string of the molecule is CC(C)c1ccc2c(Nc3cc(C(=O)Nc4ccc(Br)cn4)ccc3Sc3ccc(NC(=O)NCc4ccco4)cc3)ncnc2n1. The molecule has 0 saturated carbocycles. The minimum atomic E-state index is -0.340. The van der Waals surface area contributed by atoms with Crippen molar-refractivity contribution >= 4 is 73.7 Å². The lowest BCUT2D eigenvalue weighted by atomic mass is 10.1. The van der Waals surface area contributed by atoms with Crippen LogP contribution >= 0.6 is 27.7 Å². The number of nitrogens with zero attached hydrogens (tertiary/aromatic N) is 4. The molecule has 6 rings (SSSR count). The Labute approximate surface area is 283 Å². The number of rotatable bonds is 10. The normalized spacial score (nSPS) is 11.0. The molecule has 3 amide bonds. The fourth-order valence-electron chi connectivity index (χ4n) is 4.49. The van der Waals surface area contributed by atoms with Gasteiger partial charge in [0.15, 0.2) is 5.65 Å². The van der Waals surface area contributed by atoms with E-state index < -0.39 is 0 Å². The quantitative estimate of drug-likeness (QED) is 0.110. The van der Waals surface area contributed by atoms with Crippen LogP contribution in [0.3, 0.4) is 0 Å². The topological polar surface area (TPSA) is 147 Å². The molecule has 6 aromatic rings. The van der Waals surface area contributed by atoms with E-state index in [4.69, 9.17) is 9.40 Å². The molecule has 11 nitrogen and oxygen atoms in total. The average Bonchev–Trinajstić information content (AvgIpc) is 3.60. The highest BCUT2D eigenvalue weighted by Crippen LogP contribution is 2.37. The molecule has 4 heterocycles. The van der Waals surface area contributed by atoms with Crippen LogP contribution in [-0.2, 0) is 6.54 Å². The fraction of sp³-hybridized carbons (Fsp3) is 0.118. The van der Waals surface area contributed by atoms with Crippen molar-refractivity contribution in [1.29, 1.82) is 0 Å². The summed E-state index contributed by atoms with van der Waals surface area (Å²) in [5.74, 6) is 1.60. The van der Waals surface area contributed by atoms with Crippen LogP contribution in [0.4, 0.5) is 27.8 Å². The predicted molar refractivity (Wildman–Crippen MR) is 186 cm³/mol. The predicted octanol–water partition coefficient (Wildman–Crippen LogP) is 8.37. The van der Waals surface area contributed by atoms with Gasteiger partial charge < -0.3 is 25.7 Å². The summed E-state index contributed by atoms with van der Waals surface area (Å²) in [7, 11) is 0. The molecule has 0 radical (unpaired) electrons. The van der Waals surface area contributed by atoms with Crippen molar-refractivity contribution in [2.24, 2.45) is 0 Å². The van der Waals surface area contributed by atoms with E-state index in [9.17, 15) is 9.59 Å². The number of furan rings is 1. The van der Waals surface area contributed by atoms with Crippen LogP contribution in [-0.4, -0.2) is 31.9 Å². The maximum atomic E-state index is 13.2. The lowest BCUT2D eigenvalue weighted by Gasteiger charge is -2.15. The number of pyridine rings is 2. The molecule has 4 N–H and O–H groups in total. The van der Waals surface area contributed by atoms with E-state index in [1.165, 1.54) is 18.1 Å². The number of carbonyl (C=O) groups is 2.